The van der Waals surface area contributed by atoms with E-state index >= 15 is 0 Å². The van der Waals surface area contributed by atoms with E-state index in [2.05, 4.69) is 9.99 Å². The molecular weight excluding hydrogens is 186 g/mol. The minimum Gasteiger partial charge on any atom is -0.508 e. The van der Waals surface area contributed by atoms with Crippen molar-refractivity contribution >= 4 is 11.7 Å². The van der Waals surface area contributed by atoms with Crippen molar-refractivity contribution in [3.63, 3.8) is 0 Å². The van der Waals surface area contributed by atoms with Gasteiger partial charge in [-0.15, -0.1) is 0 Å². The molecule has 0 aromatic heterocycles. The lowest BCUT2D eigenvalue weighted by atomic mass is 10.1. The first-order valence-corrected chi connectivity index (χ1v) is 3.79. The van der Waals surface area contributed by atoms with Gasteiger partial charge < -0.3 is 15.1 Å². The fraction of sp³-hybridized carbons (Fsp3) is 0.111. The zero-order valence-electron chi connectivity index (χ0n) is 7.47. The third-order valence-electron chi connectivity index (χ3n) is 1.50. The predicted molar refractivity (Wildman–Crippen MR) is 49.3 cm³/mol. The first-order valence-electron chi connectivity index (χ1n) is 3.79. The number of oxime groups is 1. The van der Waals surface area contributed by atoms with Crippen LogP contribution in [0.3, 0.4) is 0 Å². The number of hydrogen-bond donors (Lipinski definition) is 2. The molecule has 0 aliphatic heterocycles. The van der Waals surface area contributed by atoms with Gasteiger partial charge in [-0.25, -0.2) is 4.79 Å². The van der Waals surface area contributed by atoms with Crippen molar-refractivity contribution in [1.29, 1.82) is 0 Å². The van der Waals surface area contributed by atoms with Gasteiger partial charge >= 0.3 is 5.97 Å². The van der Waals surface area contributed by atoms with Crippen LogP contribution in [0.2, 0.25) is 0 Å². The van der Waals surface area contributed by atoms with Crippen molar-refractivity contribution in [2.24, 2.45) is 5.16 Å². The molecule has 0 aliphatic carbocycles. The SMILES string of the molecule is CO/N=C(\C(=O)O)c1cccc(O)c1. The number of benzene rings is 1. The maximum Gasteiger partial charge on any atom is 0.358 e. The van der Waals surface area contributed by atoms with E-state index in [9.17, 15) is 4.79 Å². The largest absolute Gasteiger partial charge is 0.508 e. The number of aromatic hydroxyl groups is 1. The first-order chi connectivity index (χ1) is 6.65. The van der Waals surface area contributed by atoms with Gasteiger partial charge in [-0.1, -0.05) is 17.3 Å². The Kier molecular flexibility index (Phi) is 3.06. The normalized spacial score (nSPS) is 11.1. The second-order valence-electron chi connectivity index (χ2n) is 2.48. The fourth-order valence-electron chi connectivity index (χ4n) is 0.960. The molecule has 0 amide bonds. The maximum atomic E-state index is 10.7. The number of carbonyl (C=O) groups is 1. The fourth-order valence-corrected chi connectivity index (χ4v) is 0.960. The lowest BCUT2D eigenvalue weighted by Gasteiger charge is -2.00. The summed E-state index contributed by atoms with van der Waals surface area (Å²) in [6, 6.07) is 5.78. The van der Waals surface area contributed by atoms with Gasteiger partial charge in [-0.05, 0) is 12.1 Å². The number of carboxylic acid groups (broad SMARTS) is 1. The van der Waals surface area contributed by atoms with Gasteiger partial charge in [0, 0.05) is 5.56 Å². The van der Waals surface area contributed by atoms with Crippen molar-refractivity contribution < 1.29 is 19.8 Å². The van der Waals surface area contributed by atoms with Crippen LogP contribution in [0.4, 0.5) is 0 Å². The van der Waals surface area contributed by atoms with Crippen LogP contribution in [0.1, 0.15) is 5.56 Å². The molecule has 0 bridgehead atoms. The van der Waals surface area contributed by atoms with Crippen molar-refractivity contribution in [3.05, 3.63) is 29.8 Å². The van der Waals surface area contributed by atoms with E-state index in [1.807, 2.05) is 0 Å². The molecule has 0 saturated heterocycles. The molecule has 0 fully saturated rings. The van der Waals surface area contributed by atoms with Crippen LogP contribution in [-0.2, 0) is 9.63 Å². The average Bonchev–Trinajstić information content (AvgIpc) is 2.13. The molecule has 1 rings (SSSR count). The van der Waals surface area contributed by atoms with Crippen LogP contribution >= 0.6 is 0 Å². The number of carboxylic acids is 1. The topological polar surface area (TPSA) is 79.1 Å². The van der Waals surface area contributed by atoms with E-state index in [1.54, 1.807) is 0 Å². The summed E-state index contributed by atoms with van der Waals surface area (Å²) in [5, 5.41) is 21.2. The molecule has 0 unspecified atom stereocenters. The predicted octanol–water partition coefficient (Wildman–Crippen LogP) is 0.827. The minimum atomic E-state index is -1.21. The third kappa shape index (κ3) is 2.22. The quantitative estimate of drug-likeness (QED) is 0.553. The van der Waals surface area contributed by atoms with E-state index in [1.165, 1.54) is 31.4 Å². The second-order valence-corrected chi connectivity index (χ2v) is 2.48. The Labute approximate surface area is 80.2 Å². The van der Waals surface area contributed by atoms with E-state index in [-0.39, 0.29) is 11.5 Å². The Morgan fingerprint density at radius 3 is 2.71 bits per heavy atom. The molecular formula is C9H9NO4. The Hall–Kier alpha value is -2.04. The highest BCUT2D eigenvalue weighted by molar-refractivity contribution is 6.42. The Balaban J connectivity index is 3.12. The van der Waals surface area contributed by atoms with Gasteiger partial charge in [0.05, 0.1) is 0 Å². The van der Waals surface area contributed by atoms with Crippen molar-refractivity contribution in [2.45, 2.75) is 0 Å². The summed E-state index contributed by atoms with van der Waals surface area (Å²) in [6.07, 6.45) is 0. The molecule has 1 aromatic carbocycles. The average molecular weight is 195 g/mol. The molecule has 0 radical (unpaired) electrons. The summed E-state index contributed by atoms with van der Waals surface area (Å²) in [6.45, 7) is 0. The van der Waals surface area contributed by atoms with Gasteiger partial charge in [-0.3, -0.25) is 0 Å². The molecule has 0 spiro atoms. The molecule has 74 valence electrons. The highest BCUT2D eigenvalue weighted by Gasteiger charge is 2.13. The molecule has 14 heavy (non-hydrogen) atoms. The monoisotopic (exact) mass is 195 g/mol. The van der Waals surface area contributed by atoms with E-state index < -0.39 is 5.97 Å². The standard InChI is InChI=1S/C9H9NO4/c1-14-10-8(9(12)13)6-3-2-4-7(11)5-6/h2-5,11H,1H3,(H,12,13)/b10-8-. The molecule has 0 aliphatic rings. The Morgan fingerprint density at radius 2 is 2.21 bits per heavy atom. The summed E-state index contributed by atoms with van der Waals surface area (Å²) in [4.78, 5) is 15.1. The number of aliphatic carboxylic acids is 1. The number of rotatable bonds is 3. The van der Waals surface area contributed by atoms with E-state index in [0.29, 0.717) is 5.56 Å². The van der Waals surface area contributed by atoms with Crippen LogP contribution in [0, 0.1) is 0 Å². The number of phenols is 1. The Bertz CT molecular complexity index is 373. The summed E-state index contributed by atoms with van der Waals surface area (Å²) in [5.74, 6) is -1.23. The third-order valence-corrected chi connectivity index (χ3v) is 1.50. The van der Waals surface area contributed by atoms with Gasteiger partial charge in [0.1, 0.15) is 12.9 Å². The lowest BCUT2D eigenvalue weighted by Crippen LogP contribution is -2.14. The molecule has 0 saturated carbocycles. The minimum absolute atomic E-state index is 0.0208. The van der Waals surface area contributed by atoms with Gasteiger partial charge in [0.25, 0.3) is 0 Å². The lowest BCUT2D eigenvalue weighted by molar-refractivity contribution is -0.129. The molecule has 5 nitrogen and oxygen atoms in total. The summed E-state index contributed by atoms with van der Waals surface area (Å²) < 4.78 is 0. The molecule has 5 heteroatoms. The molecule has 0 atom stereocenters. The number of hydrogen-bond acceptors (Lipinski definition) is 4. The van der Waals surface area contributed by atoms with E-state index in [0.717, 1.165) is 0 Å². The highest BCUT2D eigenvalue weighted by atomic mass is 16.6. The highest BCUT2D eigenvalue weighted by Crippen LogP contribution is 2.12. The van der Waals surface area contributed by atoms with Crippen LogP contribution in [0.5, 0.6) is 5.75 Å². The number of phenolic OH excluding ortho intramolecular Hbond substituents is 1. The second kappa shape index (κ2) is 4.27. The van der Waals surface area contributed by atoms with Gasteiger partial charge in [0.15, 0.2) is 5.71 Å². The van der Waals surface area contributed by atoms with Crippen LogP contribution in [0.25, 0.3) is 0 Å². The Morgan fingerprint density at radius 1 is 1.50 bits per heavy atom. The van der Waals surface area contributed by atoms with Gasteiger partial charge in [0.2, 0.25) is 0 Å². The molecule has 2 N–H and O–H groups in total. The summed E-state index contributed by atoms with van der Waals surface area (Å²) in [7, 11) is 1.26. The van der Waals surface area contributed by atoms with Crippen molar-refractivity contribution in [2.75, 3.05) is 7.11 Å². The zero-order valence-corrected chi connectivity index (χ0v) is 7.47. The molecule has 1 aromatic rings. The van der Waals surface area contributed by atoms with Crippen LogP contribution in [0.15, 0.2) is 29.4 Å². The molecule has 0 heterocycles. The van der Waals surface area contributed by atoms with Crippen molar-refractivity contribution in [1.82, 2.24) is 0 Å². The maximum absolute atomic E-state index is 10.7. The van der Waals surface area contributed by atoms with Crippen molar-refractivity contribution in [3.8, 4) is 5.75 Å². The van der Waals surface area contributed by atoms with Crippen LogP contribution in [-0.4, -0.2) is 29.0 Å². The van der Waals surface area contributed by atoms with Gasteiger partial charge in [-0.2, -0.15) is 0 Å². The first kappa shape index (κ1) is 10.0. The van der Waals surface area contributed by atoms with Crippen LogP contribution < -0.4 is 0 Å². The zero-order chi connectivity index (χ0) is 10.6. The summed E-state index contributed by atoms with van der Waals surface area (Å²) in [5.41, 5.74) is 0.0442. The van der Waals surface area contributed by atoms with E-state index in [4.69, 9.17) is 10.2 Å². The number of nitrogens with zero attached hydrogens (tertiary/aromatic N) is 1. The smallest absolute Gasteiger partial charge is 0.358 e. The summed E-state index contributed by atoms with van der Waals surface area (Å²) >= 11 is 0.